The number of ether oxygens (including phenoxy) is 1. The number of hydrogen-bond donors (Lipinski definition) is 0. The van der Waals surface area contributed by atoms with Gasteiger partial charge in [0.25, 0.3) is 5.91 Å². The Kier molecular flexibility index (Phi) is 6.57. The van der Waals surface area contributed by atoms with Crippen molar-refractivity contribution in [2.45, 2.75) is 31.7 Å². The van der Waals surface area contributed by atoms with E-state index in [1.807, 2.05) is 115 Å². The van der Waals surface area contributed by atoms with Gasteiger partial charge in [0.2, 0.25) is 0 Å². The molecule has 0 saturated heterocycles. The molecule has 0 unspecified atom stereocenters. The number of benzene rings is 4. The van der Waals surface area contributed by atoms with Crippen molar-refractivity contribution in [1.29, 1.82) is 0 Å². The van der Waals surface area contributed by atoms with Crippen LogP contribution in [0.5, 0.6) is 5.75 Å². The summed E-state index contributed by atoms with van der Waals surface area (Å²) in [6, 6.07) is 32.6. The van der Waals surface area contributed by atoms with Gasteiger partial charge in [-0.15, -0.1) is 0 Å². The number of aryl methyl sites for hydroxylation is 1. The molecule has 0 bridgehead atoms. The Morgan fingerprint density at radius 1 is 0.821 bits per heavy atom. The fraction of sp³-hybridized carbons (Fsp3) is 0.206. The Balaban J connectivity index is 1.51. The monoisotopic (exact) mass is 514 g/mol. The molecule has 0 N–H and O–H groups in total. The first-order chi connectivity index (χ1) is 19.0. The van der Waals surface area contributed by atoms with Crippen molar-refractivity contribution in [2.24, 2.45) is 10.9 Å². The number of amides is 1. The summed E-state index contributed by atoms with van der Waals surface area (Å²) in [4.78, 5) is 35.3. The average molecular weight is 515 g/mol. The third-order valence-corrected chi connectivity index (χ3v) is 7.85. The summed E-state index contributed by atoms with van der Waals surface area (Å²) in [5.41, 5.74) is 5.97. The molecule has 2 aliphatic rings. The highest BCUT2D eigenvalue weighted by atomic mass is 16.5. The summed E-state index contributed by atoms with van der Waals surface area (Å²) in [5, 5.41) is 0. The molecule has 5 nitrogen and oxygen atoms in total. The quantitative estimate of drug-likeness (QED) is 0.288. The van der Waals surface area contributed by atoms with Crippen LogP contribution in [-0.2, 0) is 4.79 Å². The maximum Gasteiger partial charge on any atom is 0.258 e. The molecule has 1 fully saturated rings. The van der Waals surface area contributed by atoms with E-state index in [4.69, 9.17) is 9.73 Å². The van der Waals surface area contributed by atoms with Crippen LogP contribution in [0.4, 0.5) is 11.4 Å². The molecule has 4 aromatic rings. The first-order valence-corrected chi connectivity index (χ1v) is 13.3. The number of rotatable bonds is 4. The highest BCUT2D eigenvalue weighted by Crippen LogP contribution is 2.47. The van der Waals surface area contributed by atoms with Crippen LogP contribution in [0.25, 0.3) is 0 Å². The predicted octanol–water partition coefficient (Wildman–Crippen LogP) is 7.24. The summed E-state index contributed by atoms with van der Waals surface area (Å²) in [6.45, 7) is 2.04. The van der Waals surface area contributed by atoms with Crippen LogP contribution >= 0.6 is 0 Å². The molecule has 0 spiro atoms. The standard InChI is InChI=1S/C34H30N2O3/c1-22-12-14-24(15-13-22)33-32-29(20-26(21-31(32)37)23-16-18-27(39-2)19-17-23)35-28-10-6-7-11-30(28)36(33)34(38)25-8-4-3-5-9-25/h3-19,26,32-33H,20-21H2,1-2H3/t26-,32-,33+/m0/s1. The minimum atomic E-state index is -0.540. The van der Waals surface area contributed by atoms with Crippen LogP contribution in [0.15, 0.2) is 108 Å². The number of aliphatic imine (C=N–C) groups is 1. The van der Waals surface area contributed by atoms with Gasteiger partial charge in [-0.2, -0.15) is 0 Å². The van der Waals surface area contributed by atoms with Crippen molar-refractivity contribution in [1.82, 2.24) is 0 Å². The number of anilines is 1. The smallest absolute Gasteiger partial charge is 0.258 e. The van der Waals surface area contributed by atoms with Gasteiger partial charge in [-0.1, -0.05) is 72.3 Å². The van der Waals surface area contributed by atoms with Gasteiger partial charge in [0.1, 0.15) is 11.5 Å². The first-order valence-electron chi connectivity index (χ1n) is 13.3. The molecule has 1 amide bonds. The molecule has 5 heteroatoms. The second-order valence-electron chi connectivity index (χ2n) is 10.3. The van der Waals surface area contributed by atoms with Crippen molar-refractivity contribution >= 4 is 28.8 Å². The Bertz CT molecular complexity index is 1540. The fourth-order valence-corrected chi connectivity index (χ4v) is 5.87. The van der Waals surface area contributed by atoms with Gasteiger partial charge in [-0.05, 0) is 66.8 Å². The summed E-state index contributed by atoms with van der Waals surface area (Å²) in [6.07, 6.45) is 1.04. The maximum atomic E-state index is 14.2. The third-order valence-electron chi connectivity index (χ3n) is 7.85. The van der Waals surface area contributed by atoms with Crippen molar-refractivity contribution in [3.8, 4) is 5.75 Å². The van der Waals surface area contributed by atoms with Gasteiger partial charge < -0.3 is 4.74 Å². The lowest BCUT2D eigenvalue weighted by Gasteiger charge is -2.39. The molecule has 0 aromatic heterocycles. The number of Topliss-reactive ketones (excluding diaryl/α,β-unsaturated/α-hetero) is 1. The number of fused-ring (bicyclic) bond motifs is 2. The van der Waals surface area contributed by atoms with Gasteiger partial charge in [0.15, 0.2) is 0 Å². The number of carbonyl (C=O) groups excluding carboxylic acids is 2. The van der Waals surface area contributed by atoms with Gasteiger partial charge in [-0.3, -0.25) is 19.5 Å². The number of methoxy groups -OCH3 is 1. The SMILES string of the molecule is COc1ccc([C@@H]2CC(=O)[C@@H]3C(=Nc4ccccc4N(C(=O)c4ccccc4)[C@@H]3c3ccc(C)cc3)C2)cc1. The van der Waals surface area contributed by atoms with E-state index in [1.54, 1.807) is 7.11 Å². The highest BCUT2D eigenvalue weighted by Gasteiger charge is 2.46. The zero-order chi connectivity index (χ0) is 26.9. The normalized spacial score (nSPS) is 20.4. The molecule has 1 heterocycles. The van der Waals surface area contributed by atoms with E-state index in [0.29, 0.717) is 29.8 Å². The topological polar surface area (TPSA) is 59.0 Å². The Morgan fingerprint density at radius 3 is 2.21 bits per heavy atom. The minimum Gasteiger partial charge on any atom is -0.497 e. The van der Waals surface area contributed by atoms with Crippen LogP contribution in [0.2, 0.25) is 0 Å². The fourth-order valence-electron chi connectivity index (χ4n) is 5.87. The lowest BCUT2D eigenvalue weighted by atomic mass is 9.72. The molecule has 6 rings (SSSR count). The molecular weight excluding hydrogens is 484 g/mol. The summed E-state index contributed by atoms with van der Waals surface area (Å²) < 4.78 is 5.33. The number of ketones is 1. The minimum absolute atomic E-state index is 0.0145. The molecule has 194 valence electrons. The number of nitrogens with zero attached hydrogens (tertiary/aromatic N) is 2. The predicted molar refractivity (Wildman–Crippen MR) is 154 cm³/mol. The van der Waals surface area contributed by atoms with Crippen LogP contribution in [0, 0.1) is 12.8 Å². The van der Waals surface area contributed by atoms with Crippen molar-refractivity contribution < 1.29 is 14.3 Å². The van der Waals surface area contributed by atoms with E-state index in [-0.39, 0.29) is 17.6 Å². The summed E-state index contributed by atoms with van der Waals surface area (Å²) in [5.74, 6) is 0.220. The van der Waals surface area contributed by atoms with Crippen molar-refractivity contribution in [2.75, 3.05) is 12.0 Å². The second-order valence-corrected chi connectivity index (χ2v) is 10.3. The largest absolute Gasteiger partial charge is 0.497 e. The second kappa shape index (κ2) is 10.3. The third kappa shape index (κ3) is 4.65. The molecule has 3 atom stereocenters. The zero-order valence-electron chi connectivity index (χ0n) is 22.1. The van der Waals surface area contributed by atoms with Crippen LogP contribution in [-0.4, -0.2) is 24.5 Å². The van der Waals surface area contributed by atoms with E-state index in [0.717, 1.165) is 28.2 Å². The Hall–Kier alpha value is -4.51. The van der Waals surface area contributed by atoms with Crippen molar-refractivity contribution in [3.05, 3.63) is 125 Å². The van der Waals surface area contributed by atoms with Gasteiger partial charge in [0.05, 0.1) is 30.4 Å². The lowest BCUT2D eigenvalue weighted by molar-refractivity contribution is -0.122. The van der Waals surface area contributed by atoms with E-state index in [2.05, 4.69) is 0 Å². The molecular formula is C34H30N2O3. The molecule has 4 aromatic carbocycles. The van der Waals surface area contributed by atoms with Crippen molar-refractivity contribution in [3.63, 3.8) is 0 Å². The summed E-state index contributed by atoms with van der Waals surface area (Å²) >= 11 is 0. The Morgan fingerprint density at radius 2 is 1.49 bits per heavy atom. The molecule has 39 heavy (non-hydrogen) atoms. The van der Waals surface area contributed by atoms with Crippen LogP contribution in [0.3, 0.4) is 0 Å². The van der Waals surface area contributed by atoms with E-state index < -0.39 is 12.0 Å². The summed E-state index contributed by atoms with van der Waals surface area (Å²) in [7, 11) is 1.65. The van der Waals surface area contributed by atoms with Crippen LogP contribution in [0.1, 0.15) is 51.8 Å². The number of para-hydroxylation sites is 2. The highest BCUT2D eigenvalue weighted by molar-refractivity contribution is 6.15. The molecule has 1 aliphatic carbocycles. The van der Waals surface area contributed by atoms with Gasteiger partial charge >= 0.3 is 0 Å². The number of carbonyl (C=O) groups is 2. The van der Waals surface area contributed by atoms with E-state index in [1.165, 1.54) is 0 Å². The first kappa shape index (κ1) is 24.8. The molecule has 0 radical (unpaired) electrons. The zero-order valence-corrected chi connectivity index (χ0v) is 22.1. The maximum absolute atomic E-state index is 14.2. The van der Waals surface area contributed by atoms with E-state index >= 15 is 0 Å². The molecule has 1 saturated carbocycles. The van der Waals surface area contributed by atoms with Gasteiger partial charge in [-0.25, -0.2) is 0 Å². The van der Waals surface area contributed by atoms with Crippen LogP contribution < -0.4 is 9.64 Å². The Labute approximate surface area is 228 Å². The number of hydrogen-bond acceptors (Lipinski definition) is 4. The van der Waals surface area contributed by atoms with E-state index in [9.17, 15) is 9.59 Å². The lowest BCUT2D eigenvalue weighted by Crippen LogP contribution is -2.45. The average Bonchev–Trinajstić information content (AvgIpc) is 3.12. The molecule has 1 aliphatic heterocycles. The van der Waals surface area contributed by atoms with Gasteiger partial charge in [0, 0.05) is 17.7 Å².